The van der Waals surface area contributed by atoms with Gasteiger partial charge in [-0.1, -0.05) is 124 Å². The van der Waals surface area contributed by atoms with Crippen molar-refractivity contribution < 1.29 is 0 Å². The van der Waals surface area contributed by atoms with E-state index in [4.69, 9.17) is 5.73 Å². The molecule has 0 fully saturated rings. The minimum absolute atomic E-state index is 0.453. The van der Waals surface area contributed by atoms with Crippen molar-refractivity contribution in [3.8, 4) is 0 Å². The fourth-order valence-corrected chi connectivity index (χ4v) is 3.82. The monoisotopic (exact) mass is 339 g/mol. The van der Waals surface area contributed by atoms with Crippen molar-refractivity contribution in [2.45, 2.75) is 142 Å². The van der Waals surface area contributed by atoms with Gasteiger partial charge in [-0.05, 0) is 18.8 Å². The van der Waals surface area contributed by atoms with Crippen LogP contribution in [0.5, 0.6) is 0 Å². The fraction of sp³-hybridized carbons (Fsp3) is 1.00. The van der Waals surface area contributed by atoms with E-state index in [2.05, 4.69) is 20.8 Å². The molecule has 0 saturated heterocycles. The Hall–Kier alpha value is -0.0400. The average Bonchev–Trinajstić information content (AvgIpc) is 2.59. The molecule has 0 aliphatic carbocycles. The van der Waals surface area contributed by atoms with Crippen LogP contribution in [-0.4, -0.2) is 6.04 Å². The van der Waals surface area contributed by atoms with E-state index < -0.39 is 0 Å². The average molecular weight is 340 g/mol. The van der Waals surface area contributed by atoms with Gasteiger partial charge >= 0.3 is 0 Å². The van der Waals surface area contributed by atoms with Crippen LogP contribution in [0.2, 0.25) is 0 Å². The molecule has 0 radical (unpaired) electrons. The molecule has 146 valence electrons. The summed E-state index contributed by atoms with van der Waals surface area (Å²) in [6, 6.07) is 0.453. The van der Waals surface area contributed by atoms with E-state index in [9.17, 15) is 0 Å². The topological polar surface area (TPSA) is 26.0 Å². The molecule has 0 aliphatic rings. The van der Waals surface area contributed by atoms with Crippen molar-refractivity contribution >= 4 is 0 Å². The molecule has 0 amide bonds. The van der Waals surface area contributed by atoms with Crippen molar-refractivity contribution in [3.05, 3.63) is 0 Å². The summed E-state index contributed by atoms with van der Waals surface area (Å²) >= 11 is 0. The van der Waals surface area contributed by atoms with Crippen molar-refractivity contribution in [2.75, 3.05) is 0 Å². The molecule has 0 aromatic carbocycles. The zero-order valence-electron chi connectivity index (χ0n) is 17.5. The molecule has 0 aromatic heterocycles. The molecule has 0 rings (SSSR count). The summed E-state index contributed by atoms with van der Waals surface area (Å²) in [5, 5.41) is 0. The first kappa shape index (κ1) is 24.0. The minimum atomic E-state index is 0.453. The van der Waals surface area contributed by atoms with Crippen LogP contribution in [0.4, 0.5) is 0 Å². The quantitative estimate of drug-likeness (QED) is 0.237. The lowest BCUT2D eigenvalue weighted by atomic mass is 9.88. The van der Waals surface area contributed by atoms with Crippen LogP contribution in [0.1, 0.15) is 136 Å². The van der Waals surface area contributed by atoms with E-state index in [1.807, 2.05) is 0 Å². The van der Waals surface area contributed by atoms with E-state index in [-0.39, 0.29) is 0 Å². The maximum absolute atomic E-state index is 6.41. The van der Waals surface area contributed by atoms with Gasteiger partial charge in [-0.15, -0.1) is 0 Å². The Balaban J connectivity index is 3.29. The zero-order valence-corrected chi connectivity index (χ0v) is 17.5. The van der Waals surface area contributed by atoms with Gasteiger partial charge in [0.05, 0.1) is 0 Å². The van der Waals surface area contributed by atoms with Gasteiger partial charge in [0.1, 0.15) is 0 Å². The highest BCUT2D eigenvalue weighted by atomic mass is 14.6. The Morgan fingerprint density at radius 1 is 0.500 bits per heavy atom. The summed E-state index contributed by atoms with van der Waals surface area (Å²) in [5.41, 5.74) is 6.41. The fourth-order valence-electron chi connectivity index (χ4n) is 3.82. The number of rotatable bonds is 19. The number of hydrogen-bond donors (Lipinski definition) is 1. The lowest BCUT2D eigenvalue weighted by molar-refractivity contribution is 0.346. The molecule has 2 unspecified atom stereocenters. The summed E-state index contributed by atoms with van der Waals surface area (Å²) in [4.78, 5) is 0. The molecule has 0 aromatic rings. The molecule has 0 bridgehead atoms. The summed E-state index contributed by atoms with van der Waals surface area (Å²) in [6.07, 6.45) is 25.2. The van der Waals surface area contributed by atoms with Gasteiger partial charge in [0.25, 0.3) is 0 Å². The van der Waals surface area contributed by atoms with E-state index >= 15 is 0 Å². The van der Waals surface area contributed by atoms with Crippen LogP contribution in [0.3, 0.4) is 0 Å². The Labute approximate surface area is 154 Å². The molecule has 1 heteroatoms. The second kappa shape index (κ2) is 19.3. The Bertz CT molecular complexity index is 226. The molecule has 0 spiro atoms. The molecular weight excluding hydrogens is 290 g/mol. The molecule has 2 atom stereocenters. The first-order chi connectivity index (χ1) is 11.8. The van der Waals surface area contributed by atoms with Crippen LogP contribution in [-0.2, 0) is 0 Å². The number of nitrogens with two attached hydrogens (primary N) is 1. The molecule has 1 nitrogen and oxygen atoms in total. The van der Waals surface area contributed by atoms with Crippen LogP contribution in [0.15, 0.2) is 0 Å². The van der Waals surface area contributed by atoms with Crippen molar-refractivity contribution in [1.82, 2.24) is 0 Å². The third kappa shape index (κ3) is 15.5. The van der Waals surface area contributed by atoms with Gasteiger partial charge in [0.2, 0.25) is 0 Å². The Kier molecular flexibility index (Phi) is 19.3. The van der Waals surface area contributed by atoms with Crippen LogP contribution < -0.4 is 5.73 Å². The zero-order chi connectivity index (χ0) is 17.9. The van der Waals surface area contributed by atoms with Crippen LogP contribution in [0, 0.1) is 5.92 Å². The lowest BCUT2D eigenvalue weighted by Crippen LogP contribution is -2.29. The second-order valence-corrected chi connectivity index (χ2v) is 8.01. The molecule has 0 heterocycles. The van der Waals surface area contributed by atoms with Gasteiger partial charge in [-0.3, -0.25) is 0 Å². The lowest BCUT2D eigenvalue weighted by Gasteiger charge is -2.22. The van der Waals surface area contributed by atoms with E-state index in [0.717, 1.165) is 5.92 Å². The third-order valence-electron chi connectivity index (χ3n) is 5.70. The normalized spacial score (nSPS) is 14.0. The molecule has 2 N–H and O–H groups in total. The summed E-state index contributed by atoms with van der Waals surface area (Å²) < 4.78 is 0. The van der Waals surface area contributed by atoms with Crippen LogP contribution in [0.25, 0.3) is 0 Å². The smallest absolute Gasteiger partial charge is 0.00670 e. The number of hydrogen-bond acceptors (Lipinski definition) is 1. The van der Waals surface area contributed by atoms with Crippen molar-refractivity contribution in [2.24, 2.45) is 11.7 Å². The standard InChI is InChI=1S/C23H49N/c1-4-7-9-10-11-12-13-14-15-16-17-18-19-21-23(24)22(6-3)20-8-5-2/h22-23H,4-21,24H2,1-3H3. The summed E-state index contributed by atoms with van der Waals surface area (Å²) in [5.74, 6) is 0.766. The second-order valence-electron chi connectivity index (χ2n) is 8.01. The van der Waals surface area contributed by atoms with Crippen molar-refractivity contribution in [1.29, 1.82) is 0 Å². The van der Waals surface area contributed by atoms with E-state index in [0.29, 0.717) is 6.04 Å². The van der Waals surface area contributed by atoms with Gasteiger partial charge in [-0.2, -0.15) is 0 Å². The van der Waals surface area contributed by atoms with Gasteiger partial charge in [0, 0.05) is 6.04 Å². The summed E-state index contributed by atoms with van der Waals surface area (Å²) in [6.45, 7) is 6.89. The third-order valence-corrected chi connectivity index (χ3v) is 5.70. The Morgan fingerprint density at radius 3 is 1.33 bits per heavy atom. The highest BCUT2D eigenvalue weighted by molar-refractivity contribution is 4.72. The molecular formula is C23H49N. The molecule has 0 saturated carbocycles. The highest BCUT2D eigenvalue weighted by Crippen LogP contribution is 2.20. The predicted molar refractivity (Wildman–Crippen MR) is 112 cm³/mol. The van der Waals surface area contributed by atoms with Gasteiger partial charge < -0.3 is 5.73 Å². The van der Waals surface area contributed by atoms with Crippen LogP contribution >= 0.6 is 0 Å². The number of unbranched alkanes of at least 4 members (excludes halogenated alkanes) is 13. The van der Waals surface area contributed by atoms with E-state index in [1.54, 1.807) is 0 Å². The maximum Gasteiger partial charge on any atom is 0.00670 e. The SMILES string of the molecule is CCCCCCCCCCCCCCCC(N)C(CC)CCCC. The Morgan fingerprint density at radius 2 is 0.917 bits per heavy atom. The largest absolute Gasteiger partial charge is 0.327 e. The molecule has 0 aliphatic heterocycles. The van der Waals surface area contributed by atoms with E-state index in [1.165, 1.54) is 116 Å². The highest BCUT2D eigenvalue weighted by Gasteiger charge is 2.14. The van der Waals surface area contributed by atoms with Gasteiger partial charge in [0.15, 0.2) is 0 Å². The molecule has 24 heavy (non-hydrogen) atoms. The maximum atomic E-state index is 6.41. The predicted octanol–water partition coefficient (Wildman–Crippen LogP) is 8.01. The van der Waals surface area contributed by atoms with Gasteiger partial charge in [-0.25, -0.2) is 0 Å². The summed E-state index contributed by atoms with van der Waals surface area (Å²) in [7, 11) is 0. The minimum Gasteiger partial charge on any atom is -0.327 e. The first-order valence-electron chi connectivity index (χ1n) is 11.5. The first-order valence-corrected chi connectivity index (χ1v) is 11.5. The van der Waals surface area contributed by atoms with Crippen molar-refractivity contribution in [3.63, 3.8) is 0 Å².